The molecule has 18 heavy (non-hydrogen) atoms. The van der Waals surface area contributed by atoms with E-state index >= 15 is 0 Å². The monoisotopic (exact) mass is 280 g/mol. The molecule has 1 aromatic rings. The van der Waals surface area contributed by atoms with E-state index in [9.17, 15) is 18.4 Å². The Morgan fingerprint density at radius 1 is 1.56 bits per heavy atom. The highest BCUT2D eigenvalue weighted by Gasteiger charge is 2.32. The van der Waals surface area contributed by atoms with Gasteiger partial charge >= 0.3 is 6.18 Å². The van der Waals surface area contributed by atoms with Crippen molar-refractivity contribution in [2.75, 3.05) is 5.06 Å². The van der Waals surface area contributed by atoms with Crippen molar-refractivity contribution < 1.29 is 18.4 Å². The van der Waals surface area contributed by atoms with E-state index in [1.54, 1.807) is 13.8 Å². The smallest absolute Gasteiger partial charge is 0.286 e. The van der Waals surface area contributed by atoms with E-state index in [-0.39, 0.29) is 10.8 Å². The topological polar surface area (TPSA) is 36.4 Å². The van der Waals surface area contributed by atoms with Gasteiger partial charge < -0.3 is 0 Å². The van der Waals surface area contributed by atoms with Crippen LogP contribution in [0.3, 0.4) is 0 Å². The first-order chi connectivity index (χ1) is 8.14. The third-order valence-electron chi connectivity index (χ3n) is 2.45. The Kier molecular flexibility index (Phi) is 4.24. The van der Waals surface area contributed by atoms with Crippen LogP contribution in [0.15, 0.2) is 24.4 Å². The van der Waals surface area contributed by atoms with Gasteiger partial charge in [0.05, 0.1) is 16.6 Å². The summed E-state index contributed by atoms with van der Waals surface area (Å²) in [6.07, 6.45) is -3.90. The molecule has 0 aromatic carbocycles. The number of aromatic nitrogens is 1. The van der Waals surface area contributed by atoms with Crippen molar-refractivity contribution in [3.05, 3.63) is 35.0 Å². The Hall–Kier alpha value is -1.27. The summed E-state index contributed by atoms with van der Waals surface area (Å²) in [6, 6.07) is 0.213. The molecule has 0 aliphatic rings. The highest BCUT2D eigenvalue weighted by atomic mass is 35.5. The minimum atomic E-state index is -4.52. The van der Waals surface area contributed by atoms with Gasteiger partial charge in [0.2, 0.25) is 0 Å². The van der Waals surface area contributed by atoms with Gasteiger partial charge in [-0.05, 0) is 19.9 Å². The molecule has 1 N–H and O–H groups in total. The molecule has 1 unspecified atom stereocenters. The van der Waals surface area contributed by atoms with Gasteiger partial charge in [-0.3, -0.25) is 5.21 Å². The van der Waals surface area contributed by atoms with E-state index in [4.69, 9.17) is 11.6 Å². The van der Waals surface area contributed by atoms with Gasteiger partial charge in [-0.1, -0.05) is 23.8 Å². The molecule has 0 bridgehead atoms. The van der Waals surface area contributed by atoms with Gasteiger partial charge in [-0.15, -0.1) is 0 Å². The van der Waals surface area contributed by atoms with Crippen LogP contribution in [0.4, 0.5) is 19.0 Å². The van der Waals surface area contributed by atoms with Gasteiger partial charge in [-0.25, -0.2) is 10.0 Å². The summed E-state index contributed by atoms with van der Waals surface area (Å²) in [6.45, 7) is 6.93. The molecule has 0 aliphatic carbocycles. The highest BCUT2D eigenvalue weighted by Crippen LogP contribution is 2.33. The maximum Gasteiger partial charge on any atom is 0.417 e. The maximum atomic E-state index is 12.4. The summed E-state index contributed by atoms with van der Waals surface area (Å²) in [5.41, 5.74) is -0.345. The first-order valence-electron chi connectivity index (χ1n) is 5.01. The largest absolute Gasteiger partial charge is 0.417 e. The number of halogens is 4. The lowest BCUT2D eigenvalue weighted by Crippen LogP contribution is -2.31. The quantitative estimate of drug-likeness (QED) is 0.673. The Balaban J connectivity index is 3.10. The lowest BCUT2D eigenvalue weighted by atomic mass is 10.2. The maximum absolute atomic E-state index is 12.4. The van der Waals surface area contributed by atoms with Crippen molar-refractivity contribution >= 4 is 17.4 Å². The number of hydrogen-bond donors (Lipinski definition) is 1. The molecule has 100 valence electrons. The summed E-state index contributed by atoms with van der Waals surface area (Å²) in [4.78, 5) is 3.53. The standard InChI is InChI=1S/C11H12ClF3N2O/c1-6(2)7(3)17(18)10-9(12)4-8(5-16-10)11(13,14)15/h4-5,7,18H,1H2,2-3H3. The van der Waals surface area contributed by atoms with Crippen molar-refractivity contribution in [1.82, 2.24) is 4.98 Å². The lowest BCUT2D eigenvalue weighted by Gasteiger charge is -2.24. The van der Waals surface area contributed by atoms with Crippen LogP contribution in [0.5, 0.6) is 0 Å². The molecule has 3 nitrogen and oxygen atoms in total. The van der Waals surface area contributed by atoms with Gasteiger partial charge in [0, 0.05) is 6.20 Å². The predicted octanol–water partition coefficient (Wildman–Crippen LogP) is 3.91. The molecule has 1 aromatic heterocycles. The first kappa shape index (κ1) is 14.8. The van der Waals surface area contributed by atoms with Crippen LogP contribution in [0.2, 0.25) is 5.02 Å². The molecule has 0 amide bonds. The average molecular weight is 281 g/mol. The van der Waals surface area contributed by atoms with E-state index < -0.39 is 17.8 Å². The summed E-state index contributed by atoms with van der Waals surface area (Å²) in [5, 5.41) is 10.2. The summed E-state index contributed by atoms with van der Waals surface area (Å²) in [7, 11) is 0. The summed E-state index contributed by atoms with van der Waals surface area (Å²) in [5.74, 6) is -0.139. The summed E-state index contributed by atoms with van der Waals surface area (Å²) < 4.78 is 37.2. The zero-order valence-corrected chi connectivity index (χ0v) is 10.5. The second kappa shape index (κ2) is 5.16. The van der Waals surface area contributed by atoms with Gasteiger partial charge in [0.1, 0.15) is 0 Å². The van der Waals surface area contributed by atoms with E-state index in [0.29, 0.717) is 16.8 Å². The molecule has 0 saturated heterocycles. The molecule has 0 saturated carbocycles. The molecule has 0 spiro atoms. The van der Waals surface area contributed by atoms with Crippen molar-refractivity contribution in [3.63, 3.8) is 0 Å². The van der Waals surface area contributed by atoms with Crippen LogP contribution >= 0.6 is 11.6 Å². The molecule has 0 fully saturated rings. The fraction of sp³-hybridized carbons (Fsp3) is 0.364. The number of pyridine rings is 1. The van der Waals surface area contributed by atoms with Crippen LogP contribution < -0.4 is 5.06 Å². The second-order valence-electron chi connectivity index (χ2n) is 3.89. The molecule has 1 atom stereocenters. The number of anilines is 1. The van der Waals surface area contributed by atoms with Crippen molar-refractivity contribution in [2.24, 2.45) is 0 Å². The highest BCUT2D eigenvalue weighted by molar-refractivity contribution is 6.33. The number of rotatable bonds is 3. The van der Waals surface area contributed by atoms with E-state index in [0.717, 1.165) is 6.07 Å². The number of hydroxylamine groups is 1. The lowest BCUT2D eigenvalue weighted by molar-refractivity contribution is -0.137. The van der Waals surface area contributed by atoms with Gasteiger partial charge in [-0.2, -0.15) is 13.2 Å². The Labute approximate surface area is 107 Å². The molecule has 0 radical (unpaired) electrons. The number of alkyl halides is 3. The molecule has 1 rings (SSSR count). The summed E-state index contributed by atoms with van der Waals surface area (Å²) >= 11 is 5.69. The Morgan fingerprint density at radius 3 is 2.50 bits per heavy atom. The molecule has 1 heterocycles. The van der Waals surface area contributed by atoms with E-state index in [2.05, 4.69) is 11.6 Å². The fourth-order valence-electron chi connectivity index (χ4n) is 1.15. The minimum Gasteiger partial charge on any atom is -0.286 e. The molecular formula is C11H12ClF3N2O. The zero-order valence-electron chi connectivity index (χ0n) is 9.79. The average Bonchev–Trinajstić information content (AvgIpc) is 2.25. The molecular weight excluding hydrogens is 269 g/mol. The first-order valence-corrected chi connectivity index (χ1v) is 5.38. The van der Waals surface area contributed by atoms with Crippen molar-refractivity contribution in [1.29, 1.82) is 0 Å². The van der Waals surface area contributed by atoms with Crippen LogP contribution in [0.1, 0.15) is 19.4 Å². The normalized spacial score (nSPS) is 13.3. The Morgan fingerprint density at radius 2 is 2.11 bits per heavy atom. The Bertz CT molecular complexity index is 462. The molecule has 7 heteroatoms. The predicted molar refractivity (Wildman–Crippen MR) is 62.8 cm³/mol. The number of hydrogen-bond acceptors (Lipinski definition) is 3. The number of nitrogens with zero attached hydrogens (tertiary/aromatic N) is 2. The SMILES string of the molecule is C=C(C)C(C)N(O)c1ncc(C(F)(F)F)cc1Cl. The van der Waals surface area contributed by atoms with Crippen LogP contribution in [-0.2, 0) is 6.18 Å². The fourth-order valence-corrected chi connectivity index (χ4v) is 1.40. The third-order valence-corrected chi connectivity index (χ3v) is 2.72. The van der Waals surface area contributed by atoms with Crippen LogP contribution in [-0.4, -0.2) is 16.2 Å². The van der Waals surface area contributed by atoms with Gasteiger partial charge in [0.15, 0.2) is 5.82 Å². The second-order valence-corrected chi connectivity index (χ2v) is 4.30. The van der Waals surface area contributed by atoms with Crippen molar-refractivity contribution in [2.45, 2.75) is 26.1 Å². The van der Waals surface area contributed by atoms with E-state index in [1.807, 2.05) is 0 Å². The van der Waals surface area contributed by atoms with Crippen LogP contribution in [0, 0.1) is 0 Å². The van der Waals surface area contributed by atoms with Gasteiger partial charge in [0.25, 0.3) is 0 Å². The van der Waals surface area contributed by atoms with Crippen LogP contribution in [0.25, 0.3) is 0 Å². The zero-order chi connectivity index (χ0) is 14.1. The van der Waals surface area contributed by atoms with Crippen molar-refractivity contribution in [3.8, 4) is 0 Å². The third kappa shape index (κ3) is 3.14. The molecule has 0 aliphatic heterocycles. The minimum absolute atomic E-state index is 0.139. The van der Waals surface area contributed by atoms with E-state index in [1.165, 1.54) is 0 Å².